The molecule has 11 aliphatic rings. The predicted octanol–water partition coefficient (Wildman–Crippen LogP) is 15.9. The number of hydrogen-bond acceptors (Lipinski definition) is 15. The van der Waals surface area contributed by atoms with E-state index >= 15 is 0 Å². The number of likely N-dealkylation sites (tertiary alicyclic amines) is 3. The van der Waals surface area contributed by atoms with Crippen molar-refractivity contribution < 1.29 is 29.7 Å². The van der Waals surface area contributed by atoms with Crippen LogP contribution in [-0.4, -0.2) is 167 Å². The molecule has 3 amide bonds. The Labute approximate surface area is 639 Å². The second-order valence-electron chi connectivity index (χ2n) is 34.9. The average molecular weight is 1480 g/mol. The highest BCUT2D eigenvalue weighted by atomic mass is 16.3. The first kappa shape index (κ1) is 74.8. The number of fused-ring (bicyclic) bond motifs is 3. The van der Waals surface area contributed by atoms with E-state index in [-0.39, 0.29) is 36.1 Å². The third-order valence-electron chi connectivity index (χ3n) is 27.9. The smallest absolute Gasteiger partial charge is 0.253 e. The summed E-state index contributed by atoms with van der Waals surface area (Å²) in [4.78, 5) is 74.8. The summed E-state index contributed by atoms with van der Waals surface area (Å²) < 4.78 is 7.16. The van der Waals surface area contributed by atoms with Crippen LogP contribution in [0.25, 0.3) is 33.1 Å². The largest absolute Gasteiger partial charge is 0.393 e. The van der Waals surface area contributed by atoms with Gasteiger partial charge in [-0.2, -0.15) is 15.0 Å². The summed E-state index contributed by atoms with van der Waals surface area (Å²) in [6.45, 7) is 11.7. The standard InChI is InChI=1S/2C29H43N5O2.C29H37N5O2/c3*1-2-19-16-26(19)31-29-30-17-24-25(18-34(27(24)32-29)22-8-10-23(35)11-9-22)20-12-14-33(15-13-20)28(36)21-6-4-3-5-7-21/h2*17-23,26,35H,2-16H2,1H3,(H,30,31,32);3-7,17-20,22-23,26,35H,2,8-16H2,1H3,(H,30,31,32)/t3*19-,22?,23?,26-/m100/s1. The molecule has 108 heavy (non-hydrogen) atoms. The molecule has 6 atom stereocenters. The van der Waals surface area contributed by atoms with Crippen molar-refractivity contribution in [2.75, 3.05) is 55.2 Å². The number of carbonyl (C=O) groups excluding carboxylic acids is 3. The summed E-state index contributed by atoms with van der Waals surface area (Å²) in [5.41, 5.74) is 7.88. The van der Waals surface area contributed by atoms with Gasteiger partial charge in [-0.05, 0) is 225 Å². The lowest BCUT2D eigenvalue weighted by Gasteiger charge is -2.35. The number of nitrogens with one attached hydrogen (secondary N) is 3. The van der Waals surface area contributed by atoms with Gasteiger partial charge in [0.1, 0.15) is 16.9 Å². The first-order valence-electron chi connectivity index (χ1n) is 43.2. The molecule has 21 heteroatoms. The van der Waals surface area contributed by atoms with Crippen LogP contribution in [0.2, 0.25) is 0 Å². The van der Waals surface area contributed by atoms with E-state index in [1.165, 1.54) is 105 Å². The first-order chi connectivity index (χ1) is 52.8. The van der Waals surface area contributed by atoms with E-state index in [9.17, 15) is 29.7 Å². The molecule has 582 valence electrons. The van der Waals surface area contributed by atoms with Crippen LogP contribution in [-0.2, 0) is 9.59 Å². The second kappa shape index (κ2) is 33.8. The molecule has 18 rings (SSSR count). The van der Waals surface area contributed by atoms with Gasteiger partial charge in [-0.25, -0.2) is 15.0 Å². The van der Waals surface area contributed by atoms with Crippen molar-refractivity contribution in [2.24, 2.45) is 29.6 Å². The van der Waals surface area contributed by atoms with Crippen LogP contribution in [0.4, 0.5) is 17.8 Å². The van der Waals surface area contributed by atoms with Crippen molar-refractivity contribution in [3.05, 3.63) is 89.8 Å². The number of rotatable bonds is 18. The van der Waals surface area contributed by atoms with Gasteiger partial charge < -0.3 is 59.7 Å². The second-order valence-corrected chi connectivity index (χ2v) is 34.9. The molecule has 0 radical (unpaired) electrons. The fourth-order valence-electron chi connectivity index (χ4n) is 20.5. The third kappa shape index (κ3) is 17.0. The van der Waals surface area contributed by atoms with Crippen LogP contribution in [0, 0.1) is 29.6 Å². The topological polar surface area (TPSA) is 250 Å². The Morgan fingerprint density at radius 1 is 0.389 bits per heavy atom. The molecule has 6 N–H and O–H groups in total. The lowest BCUT2D eigenvalue weighted by molar-refractivity contribution is -0.138. The number of hydrogen-bond donors (Lipinski definition) is 6. The number of aliphatic hydroxyl groups excluding tert-OH is 3. The van der Waals surface area contributed by atoms with Crippen LogP contribution in [0.3, 0.4) is 0 Å². The Balaban J connectivity index is 0.000000124. The minimum Gasteiger partial charge on any atom is -0.393 e. The summed E-state index contributed by atoms with van der Waals surface area (Å²) in [6.07, 6.45) is 48.5. The fourth-order valence-corrected chi connectivity index (χ4v) is 20.5. The molecule has 21 nitrogen and oxygen atoms in total. The predicted molar refractivity (Wildman–Crippen MR) is 425 cm³/mol. The molecule has 8 saturated carbocycles. The van der Waals surface area contributed by atoms with E-state index in [0.717, 1.165) is 244 Å². The van der Waals surface area contributed by atoms with Gasteiger partial charge in [0.2, 0.25) is 29.7 Å². The number of piperidine rings is 3. The van der Waals surface area contributed by atoms with E-state index in [4.69, 9.17) is 29.9 Å². The maximum atomic E-state index is 13.1. The van der Waals surface area contributed by atoms with Crippen molar-refractivity contribution in [2.45, 2.75) is 311 Å². The molecule has 0 spiro atoms. The summed E-state index contributed by atoms with van der Waals surface area (Å²) in [5, 5.41) is 44.4. The molecular formula is C87H123N15O6. The zero-order chi connectivity index (χ0) is 73.9. The number of aliphatic hydroxyl groups is 3. The lowest BCUT2D eigenvalue weighted by Crippen LogP contribution is -2.41. The van der Waals surface area contributed by atoms with Gasteiger partial charge in [0.15, 0.2) is 0 Å². The Bertz CT molecular complexity index is 4000. The highest BCUT2D eigenvalue weighted by Gasteiger charge is 2.41. The molecule has 6 aromatic heterocycles. The number of anilines is 3. The monoisotopic (exact) mass is 1470 g/mol. The molecule has 3 aliphatic heterocycles. The van der Waals surface area contributed by atoms with E-state index in [1.807, 2.05) is 53.8 Å². The van der Waals surface area contributed by atoms with Gasteiger partial charge >= 0.3 is 0 Å². The molecule has 7 aromatic rings. The lowest BCUT2D eigenvalue weighted by atomic mass is 9.86. The Morgan fingerprint density at radius 3 is 0.991 bits per heavy atom. The third-order valence-corrected chi connectivity index (χ3v) is 27.9. The molecule has 3 saturated heterocycles. The Kier molecular flexibility index (Phi) is 23.4. The molecule has 9 heterocycles. The summed E-state index contributed by atoms with van der Waals surface area (Å²) in [5.74, 6) is 7.17. The number of amides is 3. The van der Waals surface area contributed by atoms with Crippen molar-refractivity contribution in [1.29, 1.82) is 0 Å². The van der Waals surface area contributed by atoms with Gasteiger partial charge in [-0.1, -0.05) is 96.8 Å². The molecule has 0 bridgehead atoms. The van der Waals surface area contributed by atoms with E-state index in [2.05, 4.69) is 78.8 Å². The normalized spacial score (nSPS) is 28.9. The van der Waals surface area contributed by atoms with Crippen molar-refractivity contribution >= 4 is 68.7 Å². The van der Waals surface area contributed by atoms with Gasteiger partial charge in [-0.3, -0.25) is 14.4 Å². The first-order valence-corrected chi connectivity index (χ1v) is 43.2. The highest BCUT2D eigenvalue weighted by Crippen LogP contribution is 2.46. The summed E-state index contributed by atoms with van der Waals surface area (Å²) in [6, 6.07) is 12.2. The van der Waals surface area contributed by atoms with Gasteiger partial charge in [-0.15, -0.1) is 0 Å². The van der Waals surface area contributed by atoms with Crippen LogP contribution < -0.4 is 16.0 Å². The van der Waals surface area contributed by atoms with E-state index in [1.54, 1.807) is 0 Å². The molecular weight excluding hydrogens is 1350 g/mol. The quantitative estimate of drug-likeness (QED) is 0.0467. The summed E-state index contributed by atoms with van der Waals surface area (Å²) >= 11 is 0. The maximum absolute atomic E-state index is 13.1. The fraction of sp³-hybridized carbons (Fsp3) is 0.690. The number of nitrogens with zero attached hydrogens (tertiary/aromatic N) is 12. The van der Waals surface area contributed by atoms with Crippen molar-refractivity contribution in [1.82, 2.24) is 58.3 Å². The van der Waals surface area contributed by atoms with E-state index < -0.39 is 0 Å². The Hall–Kier alpha value is -7.23. The molecule has 0 unspecified atom stereocenters. The van der Waals surface area contributed by atoms with Gasteiger partial charge in [0, 0.05) is 146 Å². The molecule has 1 aromatic carbocycles. The van der Waals surface area contributed by atoms with Crippen LogP contribution in [0.5, 0.6) is 0 Å². The van der Waals surface area contributed by atoms with Crippen LogP contribution >= 0.6 is 0 Å². The van der Waals surface area contributed by atoms with Crippen LogP contribution in [0.15, 0.2) is 67.5 Å². The Morgan fingerprint density at radius 2 is 0.694 bits per heavy atom. The maximum Gasteiger partial charge on any atom is 0.253 e. The van der Waals surface area contributed by atoms with E-state index in [0.29, 0.717) is 65.8 Å². The zero-order valence-electron chi connectivity index (χ0n) is 64.9. The van der Waals surface area contributed by atoms with Crippen molar-refractivity contribution in [3.63, 3.8) is 0 Å². The SMILES string of the molecule is CC[C@@H]1C[C@H]1Nc1ncc2c(C3CCN(C(=O)C4CCCCC4)CC3)cn(C3CCC(O)CC3)c2n1.CC[C@H]1C[C@@H]1Nc1ncc2c(C3CCN(C(=O)C4CCCCC4)CC3)cn(C3CCC(O)CC3)c2n1.CC[C@H]1C[C@@H]1Nc1ncc2c(C3CCN(C(=O)c4ccccc4)CC3)cn(C3CCC(O)CC3)c2n1. The summed E-state index contributed by atoms with van der Waals surface area (Å²) in [7, 11) is 0. The highest BCUT2D eigenvalue weighted by molar-refractivity contribution is 5.94. The van der Waals surface area contributed by atoms with Gasteiger partial charge in [0.05, 0.1) is 18.3 Å². The minimum absolute atomic E-state index is 0.127. The van der Waals surface area contributed by atoms with Gasteiger partial charge in [0.25, 0.3) is 5.91 Å². The zero-order valence-corrected chi connectivity index (χ0v) is 64.9. The average Bonchev–Trinajstić information content (AvgIpc) is 1.62. The molecule has 8 aliphatic carbocycles. The number of aromatic nitrogens is 9. The minimum atomic E-state index is -0.179. The van der Waals surface area contributed by atoms with Crippen molar-refractivity contribution in [3.8, 4) is 0 Å². The number of carbonyl (C=O) groups is 3. The molecule has 11 fully saturated rings. The van der Waals surface area contributed by atoms with Crippen LogP contribution in [0.1, 0.15) is 302 Å². The number of benzene rings is 1.